The fourth-order valence-corrected chi connectivity index (χ4v) is 2.25. The molecule has 0 amide bonds. The Hall–Kier alpha value is -0.820. The minimum absolute atomic E-state index is 0.121. The quantitative estimate of drug-likeness (QED) is 0.837. The SMILES string of the molecule is CCN(CC)CC(C)Nc1ncc(Br)cc1C(F)(F)F. The van der Waals surface area contributed by atoms with Crippen molar-refractivity contribution in [2.24, 2.45) is 0 Å². The van der Waals surface area contributed by atoms with Crippen molar-refractivity contribution in [2.45, 2.75) is 33.0 Å². The highest BCUT2D eigenvalue weighted by Gasteiger charge is 2.35. The lowest BCUT2D eigenvalue weighted by Crippen LogP contribution is -2.35. The van der Waals surface area contributed by atoms with Crippen LogP contribution in [0, 0.1) is 0 Å². The standard InChI is InChI=1S/C13H19BrF3N3/c1-4-20(5-2)8-9(3)19-12-11(13(15,16)17)6-10(14)7-18-12/h6-7,9H,4-5,8H2,1-3H3,(H,18,19). The number of nitrogens with one attached hydrogen (secondary N) is 1. The lowest BCUT2D eigenvalue weighted by Gasteiger charge is -2.24. The molecule has 0 saturated carbocycles. The van der Waals surface area contributed by atoms with Crippen LogP contribution in [0.25, 0.3) is 0 Å². The summed E-state index contributed by atoms with van der Waals surface area (Å²) in [6.45, 7) is 8.29. The molecule has 1 aromatic heterocycles. The number of pyridine rings is 1. The summed E-state index contributed by atoms with van der Waals surface area (Å²) >= 11 is 3.02. The second-order valence-electron chi connectivity index (χ2n) is 4.58. The van der Waals surface area contributed by atoms with Crippen LogP contribution in [0.2, 0.25) is 0 Å². The predicted octanol–water partition coefficient (Wildman–Crippen LogP) is 4.01. The third kappa shape index (κ3) is 4.94. The van der Waals surface area contributed by atoms with Crippen molar-refractivity contribution in [3.63, 3.8) is 0 Å². The molecule has 0 fully saturated rings. The maximum atomic E-state index is 13.0. The third-order valence-electron chi connectivity index (χ3n) is 2.97. The smallest absolute Gasteiger partial charge is 0.366 e. The molecule has 0 aliphatic rings. The number of alkyl halides is 3. The van der Waals surface area contributed by atoms with Crippen molar-refractivity contribution in [1.29, 1.82) is 0 Å². The topological polar surface area (TPSA) is 28.2 Å². The summed E-state index contributed by atoms with van der Waals surface area (Å²) in [6.07, 6.45) is -3.06. The molecule has 1 atom stereocenters. The van der Waals surface area contributed by atoms with Crippen LogP contribution in [0.5, 0.6) is 0 Å². The molecule has 0 saturated heterocycles. The second-order valence-corrected chi connectivity index (χ2v) is 5.49. The van der Waals surface area contributed by atoms with Crippen LogP contribution in [0.4, 0.5) is 19.0 Å². The number of anilines is 1. The molecular weight excluding hydrogens is 335 g/mol. The lowest BCUT2D eigenvalue weighted by molar-refractivity contribution is -0.137. The fraction of sp³-hybridized carbons (Fsp3) is 0.615. The van der Waals surface area contributed by atoms with E-state index in [4.69, 9.17) is 0 Å². The molecule has 0 aliphatic carbocycles. The Morgan fingerprint density at radius 1 is 1.35 bits per heavy atom. The van der Waals surface area contributed by atoms with Gasteiger partial charge < -0.3 is 10.2 Å². The first-order chi connectivity index (χ1) is 9.27. The maximum absolute atomic E-state index is 13.0. The summed E-state index contributed by atoms with van der Waals surface area (Å²) < 4.78 is 39.2. The average Bonchev–Trinajstić information content (AvgIpc) is 2.36. The summed E-state index contributed by atoms with van der Waals surface area (Å²) in [4.78, 5) is 5.99. The van der Waals surface area contributed by atoms with Gasteiger partial charge in [0.05, 0.1) is 5.56 Å². The highest BCUT2D eigenvalue weighted by atomic mass is 79.9. The summed E-state index contributed by atoms with van der Waals surface area (Å²) in [5, 5.41) is 2.85. The van der Waals surface area contributed by atoms with E-state index in [1.165, 1.54) is 6.20 Å². The number of halogens is 4. The molecule has 0 spiro atoms. The van der Waals surface area contributed by atoms with E-state index in [1.54, 1.807) is 0 Å². The Morgan fingerprint density at radius 3 is 2.45 bits per heavy atom. The summed E-state index contributed by atoms with van der Waals surface area (Å²) in [6, 6.07) is 0.920. The van der Waals surface area contributed by atoms with Crippen LogP contribution in [0.15, 0.2) is 16.7 Å². The molecule has 1 rings (SSSR count). The molecule has 3 nitrogen and oxygen atoms in total. The first kappa shape index (κ1) is 17.2. The number of hydrogen-bond donors (Lipinski definition) is 1. The Balaban J connectivity index is 2.87. The van der Waals surface area contributed by atoms with Crippen molar-refractivity contribution in [2.75, 3.05) is 25.0 Å². The van der Waals surface area contributed by atoms with E-state index >= 15 is 0 Å². The molecule has 20 heavy (non-hydrogen) atoms. The van der Waals surface area contributed by atoms with Crippen LogP contribution in [0.3, 0.4) is 0 Å². The first-order valence-corrected chi connectivity index (χ1v) is 7.28. The molecule has 0 radical (unpaired) electrons. The van der Waals surface area contributed by atoms with Gasteiger partial charge in [-0.05, 0) is 42.0 Å². The van der Waals surface area contributed by atoms with E-state index in [-0.39, 0.29) is 11.9 Å². The van der Waals surface area contributed by atoms with Gasteiger partial charge in [0.2, 0.25) is 0 Å². The Bertz CT molecular complexity index is 433. The van der Waals surface area contributed by atoms with Crippen LogP contribution in [-0.4, -0.2) is 35.6 Å². The van der Waals surface area contributed by atoms with Crippen LogP contribution in [-0.2, 0) is 6.18 Å². The Morgan fingerprint density at radius 2 is 1.95 bits per heavy atom. The van der Waals surface area contributed by atoms with Gasteiger partial charge in [0.25, 0.3) is 0 Å². The molecule has 1 aromatic rings. The number of likely N-dealkylation sites (N-methyl/N-ethyl adjacent to an activating group) is 1. The lowest BCUT2D eigenvalue weighted by atomic mass is 10.2. The first-order valence-electron chi connectivity index (χ1n) is 6.49. The molecular formula is C13H19BrF3N3. The second kappa shape index (κ2) is 7.26. The van der Waals surface area contributed by atoms with Gasteiger partial charge in [-0.25, -0.2) is 4.98 Å². The van der Waals surface area contributed by atoms with Gasteiger partial charge in [-0.15, -0.1) is 0 Å². The molecule has 1 N–H and O–H groups in total. The molecule has 7 heteroatoms. The largest absolute Gasteiger partial charge is 0.419 e. The molecule has 0 aliphatic heterocycles. The Labute approximate surface area is 125 Å². The van der Waals surface area contributed by atoms with Crippen molar-refractivity contribution < 1.29 is 13.2 Å². The van der Waals surface area contributed by atoms with Gasteiger partial charge in [-0.2, -0.15) is 13.2 Å². The predicted molar refractivity (Wildman–Crippen MR) is 77.8 cm³/mol. The number of aromatic nitrogens is 1. The monoisotopic (exact) mass is 353 g/mol. The van der Waals surface area contributed by atoms with Crippen molar-refractivity contribution >= 4 is 21.7 Å². The third-order valence-corrected chi connectivity index (χ3v) is 3.40. The molecule has 1 unspecified atom stereocenters. The summed E-state index contributed by atoms with van der Waals surface area (Å²) in [5.41, 5.74) is -0.752. The normalized spacial score (nSPS) is 13.6. The van der Waals surface area contributed by atoms with Crippen molar-refractivity contribution in [1.82, 2.24) is 9.88 Å². The van der Waals surface area contributed by atoms with Crippen molar-refractivity contribution in [3.05, 3.63) is 22.3 Å². The van der Waals surface area contributed by atoms with Crippen LogP contribution in [0.1, 0.15) is 26.3 Å². The molecule has 0 bridgehead atoms. The van der Waals surface area contributed by atoms with E-state index in [9.17, 15) is 13.2 Å². The average molecular weight is 354 g/mol. The summed E-state index contributed by atoms with van der Waals surface area (Å²) in [5.74, 6) is -0.125. The van der Waals surface area contributed by atoms with Crippen LogP contribution >= 0.6 is 15.9 Å². The zero-order valence-electron chi connectivity index (χ0n) is 11.8. The van der Waals surface area contributed by atoms with Gasteiger partial charge in [-0.3, -0.25) is 0 Å². The zero-order valence-corrected chi connectivity index (χ0v) is 13.3. The van der Waals surface area contributed by atoms with E-state index in [1.807, 2.05) is 20.8 Å². The molecule has 0 aromatic carbocycles. The van der Waals surface area contributed by atoms with Gasteiger partial charge >= 0.3 is 6.18 Å². The minimum Gasteiger partial charge on any atom is -0.366 e. The van der Waals surface area contributed by atoms with Gasteiger partial charge in [0.1, 0.15) is 5.82 Å². The van der Waals surface area contributed by atoms with Crippen molar-refractivity contribution in [3.8, 4) is 0 Å². The van der Waals surface area contributed by atoms with E-state index < -0.39 is 11.7 Å². The number of hydrogen-bond acceptors (Lipinski definition) is 3. The highest BCUT2D eigenvalue weighted by Crippen LogP contribution is 2.35. The Kier molecular flexibility index (Phi) is 6.26. The summed E-state index contributed by atoms with van der Waals surface area (Å²) in [7, 11) is 0. The van der Waals surface area contributed by atoms with Gasteiger partial charge in [0, 0.05) is 23.3 Å². The van der Waals surface area contributed by atoms with E-state index in [0.29, 0.717) is 11.0 Å². The highest BCUT2D eigenvalue weighted by molar-refractivity contribution is 9.10. The van der Waals surface area contributed by atoms with Gasteiger partial charge in [0.15, 0.2) is 0 Å². The number of nitrogens with zero attached hydrogens (tertiary/aromatic N) is 2. The van der Waals surface area contributed by atoms with E-state index in [2.05, 4.69) is 31.1 Å². The molecule has 114 valence electrons. The minimum atomic E-state index is -4.42. The van der Waals surface area contributed by atoms with Crippen LogP contribution < -0.4 is 5.32 Å². The van der Waals surface area contributed by atoms with E-state index in [0.717, 1.165) is 19.2 Å². The van der Waals surface area contributed by atoms with Gasteiger partial charge in [-0.1, -0.05) is 13.8 Å². The molecule has 1 heterocycles. The zero-order chi connectivity index (χ0) is 15.3. The maximum Gasteiger partial charge on any atom is 0.419 e. The fourth-order valence-electron chi connectivity index (χ4n) is 1.92. The number of rotatable bonds is 6.